The first-order valence-corrected chi connectivity index (χ1v) is 16.0. The summed E-state index contributed by atoms with van der Waals surface area (Å²) in [5.41, 5.74) is 7.55. The van der Waals surface area contributed by atoms with E-state index in [1.165, 1.54) is 41.5 Å². The van der Waals surface area contributed by atoms with Crippen LogP contribution in [0.1, 0.15) is 96.0 Å². The fourth-order valence-corrected chi connectivity index (χ4v) is 8.30. The average Bonchev–Trinajstić information content (AvgIpc) is 3.27. The minimum Gasteiger partial charge on any atom is -0.365 e. The Bertz CT molecular complexity index is 1640. The third-order valence-corrected chi connectivity index (χ3v) is 10.8. The monoisotopic (exact) mass is 589 g/mol. The molecule has 3 saturated carbocycles. The van der Waals surface area contributed by atoms with E-state index in [9.17, 15) is 14.4 Å². The highest BCUT2D eigenvalue weighted by Gasteiger charge is 2.68. The molecule has 0 radical (unpaired) electrons. The Morgan fingerprint density at radius 1 is 1.00 bits per heavy atom. The molecule has 3 aromatic rings. The van der Waals surface area contributed by atoms with Crippen LogP contribution in [0.15, 0.2) is 60.8 Å². The molecule has 3 aliphatic carbocycles. The predicted octanol–water partition coefficient (Wildman–Crippen LogP) is 4.85. The van der Waals surface area contributed by atoms with Crippen molar-refractivity contribution in [2.75, 3.05) is 18.4 Å². The highest BCUT2D eigenvalue weighted by molar-refractivity contribution is 6.05. The van der Waals surface area contributed by atoms with Gasteiger partial charge in [-0.1, -0.05) is 56.3 Å². The Morgan fingerprint density at radius 2 is 1.77 bits per heavy atom. The summed E-state index contributed by atoms with van der Waals surface area (Å²) in [5, 5.41) is 6.10. The minimum atomic E-state index is -0.570. The number of nitrogens with one attached hydrogen (secondary N) is 2. The van der Waals surface area contributed by atoms with Crippen molar-refractivity contribution in [3.63, 3.8) is 0 Å². The Morgan fingerprint density at radius 3 is 2.45 bits per heavy atom. The molecule has 4 heterocycles. The van der Waals surface area contributed by atoms with E-state index in [1.54, 1.807) is 4.90 Å². The lowest BCUT2D eigenvalue weighted by Crippen LogP contribution is -2.73. The van der Waals surface area contributed by atoms with Crippen LogP contribution in [0, 0.1) is 0 Å². The van der Waals surface area contributed by atoms with Crippen LogP contribution in [-0.2, 0) is 28.1 Å². The van der Waals surface area contributed by atoms with Gasteiger partial charge in [-0.3, -0.25) is 24.6 Å². The molecule has 3 aliphatic heterocycles. The van der Waals surface area contributed by atoms with Crippen LogP contribution >= 0.6 is 0 Å². The number of pyridine rings is 1. The lowest BCUT2D eigenvalue weighted by atomic mass is 9.37. The van der Waals surface area contributed by atoms with Gasteiger partial charge in [0.15, 0.2) is 0 Å². The second-order valence-electron chi connectivity index (χ2n) is 14.3. The molecule has 44 heavy (non-hydrogen) atoms. The van der Waals surface area contributed by atoms with Crippen LogP contribution in [0.2, 0.25) is 0 Å². The minimum absolute atomic E-state index is 0.113. The predicted molar refractivity (Wildman–Crippen MR) is 167 cm³/mol. The van der Waals surface area contributed by atoms with Crippen molar-refractivity contribution < 1.29 is 14.4 Å². The van der Waals surface area contributed by atoms with Gasteiger partial charge < -0.3 is 10.2 Å². The summed E-state index contributed by atoms with van der Waals surface area (Å²) in [6, 6.07) is 19.2. The van der Waals surface area contributed by atoms with E-state index in [2.05, 4.69) is 82.9 Å². The van der Waals surface area contributed by atoms with E-state index < -0.39 is 6.04 Å². The molecule has 9 rings (SSSR count). The smallest absolute Gasteiger partial charge is 0.255 e. The number of carbonyl (C=O) groups is 3. The van der Waals surface area contributed by atoms with Gasteiger partial charge in [0.2, 0.25) is 11.8 Å². The molecule has 6 aliphatic rings. The first-order chi connectivity index (χ1) is 21.2. The molecular formula is C36H39N5O3. The van der Waals surface area contributed by atoms with Crippen LogP contribution in [-0.4, -0.2) is 57.2 Å². The molecule has 5 fully saturated rings. The maximum Gasteiger partial charge on any atom is 0.255 e. The molecule has 8 nitrogen and oxygen atoms in total. The number of hydrogen-bond acceptors (Lipinski definition) is 6. The molecule has 1 aromatic heterocycles. The van der Waals surface area contributed by atoms with E-state index in [1.807, 2.05) is 12.3 Å². The SMILES string of the molecule is CC(C)c1ccc(NC23CC(c4ccc(CN5CC(c6ccc7c(c6)CN(C6CCC(=O)NC6=O)C7=O)C5)cc4)(C2)C3)nc1. The second kappa shape index (κ2) is 9.99. The number of aromatic nitrogens is 1. The number of nitrogens with zero attached hydrogens (tertiary/aromatic N) is 3. The number of imide groups is 1. The number of hydrogen-bond donors (Lipinski definition) is 2. The van der Waals surface area contributed by atoms with E-state index in [4.69, 9.17) is 0 Å². The maximum atomic E-state index is 13.0. The molecule has 2 aromatic carbocycles. The highest BCUT2D eigenvalue weighted by Crippen LogP contribution is 2.68. The number of likely N-dealkylation sites (tertiary alicyclic amines) is 1. The Kier molecular flexibility index (Phi) is 6.25. The van der Waals surface area contributed by atoms with Crippen LogP contribution in [0.3, 0.4) is 0 Å². The molecule has 3 amide bonds. The topological polar surface area (TPSA) is 94.6 Å². The van der Waals surface area contributed by atoms with Crippen LogP contribution in [0.5, 0.6) is 0 Å². The first-order valence-electron chi connectivity index (χ1n) is 16.0. The number of piperidine rings is 1. The quantitative estimate of drug-likeness (QED) is 0.365. The van der Waals surface area contributed by atoms with Crippen molar-refractivity contribution in [2.45, 2.75) is 87.9 Å². The summed E-state index contributed by atoms with van der Waals surface area (Å²) in [4.78, 5) is 45.7. The standard InChI is InChI=1S/C36H39N5O3/c1-22(2)25-6-11-31(37-14-25)39-36-19-35(20-36,21-36)28-7-3-23(4-8-28)15-40-16-27(17-40)24-5-9-29-26(13-24)18-41(34(29)44)30-10-12-32(42)38-33(30)43/h3-9,11,13-14,22,27,30H,10,12,15-21H2,1-2H3,(H,37,39)(H,38,42,43). The summed E-state index contributed by atoms with van der Waals surface area (Å²) < 4.78 is 0. The lowest BCUT2D eigenvalue weighted by Gasteiger charge is -2.71. The zero-order chi connectivity index (χ0) is 30.2. The largest absolute Gasteiger partial charge is 0.365 e. The Labute approximate surface area is 258 Å². The van der Waals surface area contributed by atoms with Crippen LogP contribution < -0.4 is 10.6 Å². The van der Waals surface area contributed by atoms with E-state index in [-0.39, 0.29) is 29.7 Å². The molecule has 8 heteroatoms. The highest BCUT2D eigenvalue weighted by atomic mass is 16.2. The zero-order valence-corrected chi connectivity index (χ0v) is 25.4. The summed E-state index contributed by atoms with van der Waals surface area (Å²) in [6.07, 6.45) is 6.20. The number of rotatable bonds is 8. The summed E-state index contributed by atoms with van der Waals surface area (Å²) >= 11 is 0. The average molecular weight is 590 g/mol. The van der Waals surface area contributed by atoms with Crippen molar-refractivity contribution in [3.8, 4) is 0 Å². The summed E-state index contributed by atoms with van der Waals surface area (Å²) in [7, 11) is 0. The van der Waals surface area contributed by atoms with Crippen molar-refractivity contribution in [2.24, 2.45) is 0 Å². The third kappa shape index (κ3) is 4.53. The fraction of sp³-hybridized carbons (Fsp3) is 0.444. The number of fused-ring (bicyclic) bond motifs is 1. The van der Waals surface area contributed by atoms with Gasteiger partial charge in [0, 0.05) is 61.2 Å². The molecule has 2 saturated heterocycles. The van der Waals surface area contributed by atoms with Crippen molar-refractivity contribution in [3.05, 3.63) is 94.2 Å². The van der Waals surface area contributed by atoms with Gasteiger partial charge in [0.05, 0.1) is 0 Å². The number of carbonyl (C=O) groups excluding carboxylic acids is 3. The molecular weight excluding hydrogens is 550 g/mol. The molecule has 1 unspecified atom stereocenters. The number of benzene rings is 2. The summed E-state index contributed by atoms with van der Waals surface area (Å²) in [6.45, 7) is 7.76. The van der Waals surface area contributed by atoms with Gasteiger partial charge in [-0.05, 0) is 71.6 Å². The molecule has 1 atom stereocenters. The molecule has 2 bridgehead atoms. The van der Waals surface area contributed by atoms with E-state index in [0.717, 1.165) is 31.0 Å². The summed E-state index contributed by atoms with van der Waals surface area (Å²) in [5.74, 6) is 1.20. The number of amides is 3. The first kappa shape index (κ1) is 27.5. The maximum absolute atomic E-state index is 13.0. The van der Waals surface area contributed by atoms with Crippen molar-refractivity contribution in [1.29, 1.82) is 0 Å². The van der Waals surface area contributed by atoms with Gasteiger partial charge in [-0.15, -0.1) is 0 Å². The Hall–Kier alpha value is -4.04. The van der Waals surface area contributed by atoms with Gasteiger partial charge in [-0.25, -0.2) is 4.98 Å². The normalized spacial score (nSPS) is 27.8. The molecule has 2 N–H and O–H groups in total. The van der Waals surface area contributed by atoms with Gasteiger partial charge in [0.1, 0.15) is 11.9 Å². The Balaban J connectivity index is 0.829. The van der Waals surface area contributed by atoms with Crippen molar-refractivity contribution in [1.82, 2.24) is 20.1 Å². The van der Waals surface area contributed by atoms with Crippen molar-refractivity contribution >= 4 is 23.5 Å². The van der Waals surface area contributed by atoms with Gasteiger partial charge in [-0.2, -0.15) is 0 Å². The van der Waals surface area contributed by atoms with E-state index >= 15 is 0 Å². The fourth-order valence-electron chi connectivity index (χ4n) is 8.30. The number of anilines is 1. The van der Waals surface area contributed by atoms with E-state index in [0.29, 0.717) is 35.8 Å². The van der Waals surface area contributed by atoms with Gasteiger partial charge >= 0.3 is 0 Å². The van der Waals surface area contributed by atoms with Crippen LogP contribution in [0.25, 0.3) is 0 Å². The lowest BCUT2D eigenvalue weighted by molar-refractivity contribution is -0.136. The molecule has 0 spiro atoms. The molecule has 226 valence electrons. The third-order valence-electron chi connectivity index (χ3n) is 10.8. The van der Waals surface area contributed by atoms with Crippen LogP contribution in [0.4, 0.5) is 5.82 Å². The zero-order valence-electron chi connectivity index (χ0n) is 25.4. The second-order valence-corrected chi connectivity index (χ2v) is 14.3. The van der Waals surface area contributed by atoms with Gasteiger partial charge in [0.25, 0.3) is 5.91 Å².